The van der Waals surface area contributed by atoms with E-state index in [-0.39, 0.29) is 56.4 Å². The van der Waals surface area contributed by atoms with Crippen molar-refractivity contribution in [2.75, 3.05) is 0 Å². The van der Waals surface area contributed by atoms with Gasteiger partial charge >= 0.3 is 0 Å². The van der Waals surface area contributed by atoms with Crippen molar-refractivity contribution in [3.8, 4) is 0 Å². The third kappa shape index (κ3) is 3.73. The van der Waals surface area contributed by atoms with Gasteiger partial charge in [-0.15, -0.1) is 47.7 Å². The minimum absolute atomic E-state index is 0. The van der Waals surface area contributed by atoms with Crippen molar-refractivity contribution in [3.05, 3.63) is 34.2 Å². The molecule has 0 spiro atoms. The average Bonchev–Trinajstić information content (AvgIpc) is 2.66. The van der Waals surface area contributed by atoms with Gasteiger partial charge in [0, 0.05) is 26.2 Å². The number of aryl methyl sites for hydroxylation is 1. The summed E-state index contributed by atoms with van der Waals surface area (Å²) in [6, 6.07) is 6.68. The zero-order valence-electron chi connectivity index (χ0n) is 14.0. The van der Waals surface area contributed by atoms with Gasteiger partial charge in [0.05, 0.1) is 0 Å². The molecule has 0 amide bonds. The first-order valence-corrected chi connectivity index (χ1v) is 7.74. The number of rotatable bonds is 1. The minimum Gasteiger partial charge on any atom is -0.190 e. The van der Waals surface area contributed by atoms with Gasteiger partial charge in [0.25, 0.3) is 0 Å². The normalized spacial score (nSPS) is 29.4. The van der Waals surface area contributed by atoms with Crippen molar-refractivity contribution < 1.29 is 26.2 Å². The van der Waals surface area contributed by atoms with Crippen LogP contribution in [0.25, 0.3) is 11.6 Å². The Bertz CT molecular complexity index is 615. The maximum absolute atomic E-state index is 3.88. The van der Waals surface area contributed by atoms with Crippen molar-refractivity contribution in [1.29, 1.82) is 0 Å². The smallest absolute Gasteiger partial charge is 0 e. The quantitative estimate of drug-likeness (QED) is 0.590. The second-order valence-electron chi connectivity index (χ2n) is 6.91. The number of halogens is 2. The molecule has 1 saturated carbocycles. The fraction of sp³-hybridized carbons (Fsp3) is 0.579. The third-order valence-electron chi connectivity index (χ3n) is 5.67. The molecule has 3 heteroatoms. The van der Waals surface area contributed by atoms with E-state index in [4.69, 9.17) is 0 Å². The molecule has 122 valence electrons. The number of hydrogen-bond donors (Lipinski definition) is 0. The first-order valence-electron chi connectivity index (χ1n) is 7.74. The van der Waals surface area contributed by atoms with Crippen LogP contribution in [-0.2, 0) is 26.2 Å². The van der Waals surface area contributed by atoms with E-state index in [1.807, 2.05) is 0 Å². The zero-order valence-corrected chi connectivity index (χ0v) is 18.1. The number of fused-ring (bicyclic) bond motifs is 1. The topological polar surface area (TPSA) is 0 Å². The van der Waals surface area contributed by atoms with E-state index in [1.54, 1.807) is 5.57 Å². The Kier molecular flexibility index (Phi) is 8.66. The molecule has 0 aromatic heterocycles. The molecular weight excluding hydrogens is 390 g/mol. The van der Waals surface area contributed by atoms with Gasteiger partial charge in [-0.1, -0.05) is 59.4 Å². The summed E-state index contributed by atoms with van der Waals surface area (Å²) in [5, 5.41) is 2.82. The SMILES string of the molecule is CC1=c2cccc(C)c2=[C-]C1(C)C1CCC(C)CC1.Cl.Cl.[Zr]. The van der Waals surface area contributed by atoms with Gasteiger partial charge < -0.3 is 0 Å². The van der Waals surface area contributed by atoms with Crippen LogP contribution in [0.5, 0.6) is 0 Å². The molecule has 2 aliphatic carbocycles. The molecule has 0 heterocycles. The largest absolute Gasteiger partial charge is 0.190 e. The Labute approximate surface area is 166 Å². The van der Waals surface area contributed by atoms with Gasteiger partial charge in [-0.05, 0) is 17.3 Å². The van der Waals surface area contributed by atoms with Gasteiger partial charge in [0.1, 0.15) is 0 Å². The molecule has 1 aromatic rings. The van der Waals surface area contributed by atoms with Crippen LogP contribution in [0.4, 0.5) is 0 Å². The van der Waals surface area contributed by atoms with Crippen LogP contribution in [0.1, 0.15) is 52.0 Å². The maximum Gasteiger partial charge on any atom is 0 e. The van der Waals surface area contributed by atoms with E-state index in [2.05, 4.69) is 52.0 Å². The summed E-state index contributed by atoms with van der Waals surface area (Å²) in [7, 11) is 0. The number of benzene rings is 1. The summed E-state index contributed by atoms with van der Waals surface area (Å²) < 4.78 is 0. The Balaban J connectivity index is 0.00000147. The van der Waals surface area contributed by atoms with Crippen LogP contribution in [0.3, 0.4) is 0 Å². The third-order valence-corrected chi connectivity index (χ3v) is 5.67. The monoisotopic (exact) mass is 415 g/mol. The summed E-state index contributed by atoms with van der Waals surface area (Å²) in [6.45, 7) is 9.36. The van der Waals surface area contributed by atoms with Gasteiger partial charge in [-0.25, -0.2) is 0 Å². The zero-order chi connectivity index (χ0) is 13.6. The van der Waals surface area contributed by atoms with Crippen LogP contribution >= 0.6 is 24.8 Å². The molecular formula is C19H27Cl2Zr-. The van der Waals surface area contributed by atoms with E-state index in [0.29, 0.717) is 0 Å². The Morgan fingerprint density at radius 2 is 1.64 bits per heavy atom. The van der Waals surface area contributed by atoms with Crippen molar-refractivity contribution in [2.24, 2.45) is 17.3 Å². The molecule has 1 atom stereocenters. The van der Waals surface area contributed by atoms with Gasteiger partial charge in [-0.3, -0.25) is 0 Å². The van der Waals surface area contributed by atoms with E-state index < -0.39 is 0 Å². The fourth-order valence-electron chi connectivity index (χ4n) is 4.03. The molecule has 0 saturated heterocycles. The second-order valence-corrected chi connectivity index (χ2v) is 6.91. The standard InChI is InChI=1S/C19H25.2ClH.Zr/c1-13-8-10-16(11-9-13)19(4)12-18-14(2)6-5-7-17(18)15(19)3;;;/h5-7,13,16H,8-11H2,1-4H3;2*1H;/q-1;;;. The van der Waals surface area contributed by atoms with E-state index in [9.17, 15) is 0 Å². The summed E-state index contributed by atoms with van der Waals surface area (Å²) in [4.78, 5) is 0. The van der Waals surface area contributed by atoms with E-state index in [1.165, 1.54) is 41.7 Å². The van der Waals surface area contributed by atoms with Crippen LogP contribution in [-0.4, -0.2) is 0 Å². The summed E-state index contributed by atoms with van der Waals surface area (Å²) >= 11 is 0. The maximum atomic E-state index is 3.88. The Hall–Kier alpha value is 0.423. The predicted molar refractivity (Wildman–Crippen MR) is 96.6 cm³/mol. The molecule has 1 aromatic carbocycles. The molecule has 2 aliphatic rings. The van der Waals surface area contributed by atoms with E-state index in [0.717, 1.165) is 11.8 Å². The molecule has 22 heavy (non-hydrogen) atoms. The van der Waals surface area contributed by atoms with Crippen molar-refractivity contribution in [1.82, 2.24) is 0 Å². The van der Waals surface area contributed by atoms with Crippen molar-refractivity contribution in [3.63, 3.8) is 0 Å². The summed E-state index contributed by atoms with van der Waals surface area (Å²) in [5.74, 6) is 1.71. The second kappa shape index (κ2) is 8.50. The van der Waals surface area contributed by atoms with E-state index >= 15 is 0 Å². The van der Waals surface area contributed by atoms with Crippen LogP contribution in [0.15, 0.2) is 18.2 Å². The fourth-order valence-corrected chi connectivity index (χ4v) is 4.03. The average molecular weight is 418 g/mol. The van der Waals surface area contributed by atoms with Crippen molar-refractivity contribution in [2.45, 2.75) is 53.4 Å². The molecule has 0 aliphatic heterocycles. The molecule has 0 radical (unpaired) electrons. The minimum atomic E-state index is 0. The molecule has 0 bridgehead atoms. The Morgan fingerprint density at radius 3 is 2.18 bits per heavy atom. The molecule has 0 nitrogen and oxygen atoms in total. The van der Waals surface area contributed by atoms with Crippen LogP contribution in [0, 0.1) is 24.2 Å². The summed E-state index contributed by atoms with van der Waals surface area (Å²) in [6.07, 6.45) is 9.40. The van der Waals surface area contributed by atoms with Gasteiger partial charge in [0.2, 0.25) is 0 Å². The first kappa shape index (κ1) is 22.4. The van der Waals surface area contributed by atoms with Gasteiger partial charge in [0.15, 0.2) is 0 Å². The Morgan fingerprint density at radius 1 is 1.05 bits per heavy atom. The summed E-state index contributed by atoms with van der Waals surface area (Å²) in [5.41, 5.74) is 3.10. The predicted octanol–water partition coefficient (Wildman–Crippen LogP) is 4.51. The molecule has 3 rings (SSSR count). The first-order chi connectivity index (χ1) is 9.02. The van der Waals surface area contributed by atoms with Crippen LogP contribution in [0.2, 0.25) is 0 Å². The molecule has 1 unspecified atom stereocenters. The van der Waals surface area contributed by atoms with Crippen LogP contribution < -0.4 is 10.4 Å². The van der Waals surface area contributed by atoms with Gasteiger partial charge in [-0.2, -0.15) is 16.9 Å². The van der Waals surface area contributed by atoms with Crippen molar-refractivity contribution >= 4 is 36.5 Å². The molecule has 1 fully saturated rings. The number of hydrogen-bond acceptors (Lipinski definition) is 0. The molecule has 0 N–H and O–H groups in total.